The van der Waals surface area contributed by atoms with Crippen LogP contribution in [0, 0.1) is 5.82 Å². The minimum atomic E-state index is -0.465. The van der Waals surface area contributed by atoms with E-state index in [9.17, 15) is 14.0 Å². The highest BCUT2D eigenvalue weighted by Gasteiger charge is 2.18. The molecule has 0 bridgehead atoms. The summed E-state index contributed by atoms with van der Waals surface area (Å²) in [6, 6.07) is 22.0. The van der Waals surface area contributed by atoms with E-state index >= 15 is 0 Å². The number of nitrogens with zero attached hydrogens (tertiary/aromatic N) is 2. The van der Waals surface area contributed by atoms with Crippen LogP contribution in [-0.4, -0.2) is 9.55 Å². The molecule has 5 aromatic rings. The van der Waals surface area contributed by atoms with E-state index in [1.165, 1.54) is 40.2 Å². The van der Waals surface area contributed by atoms with Gasteiger partial charge in [0.15, 0.2) is 0 Å². The molecule has 0 radical (unpaired) electrons. The van der Waals surface area contributed by atoms with Crippen molar-refractivity contribution in [2.75, 3.05) is 0 Å². The standard InChI is InChI=1S/C23H13FN2O2S/c24-15-10-12-16(13-11-15)26-21(14-6-2-1-3-7-14)25-22-19(23(26)28)20(27)17-8-4-5-9-18(17)29-22/h1-13H. The van der Waals surface area contributed by atoms with Gasteiger partial charge in [0.2, 0.25) is 5.43 Å². The summed E-state index contributed by atoms with van der Waals surface area (Å²) >= 11 is 1.31. The van der Waals surface area contributed by atoms with E-state index in [4.69, 9.17) is 4.98 Å². The van der Waals surface area contributed by atoms with Gasteiger partial charge >= 0.3 is 0 Å². The first-order chi connectivity index (χ1) is 14.1. The van der Waals surface area contributed by atoms with Gasteiger partial charge in [-0.05, 0) is 36.4 Å². The van der Waals surface area contributed by atoms with Gasteiger partial charge in [0.1, 0.15) is 21.9 Å². The number of fused-ring (bicyclic) bond motifs is 2. The monoisotopic (exact) mass is 400 g/mol. The number of rotatable bonds is 2. The van der Waals surface area contributed by atoms with Gasteiger partial charge in [-0.2, -0.15) is 0 Å². The summed E-state index contributed by atoms with van der Waals surface area (Å²) in [5, 5.41) is 0.528. The fourth-order valence-electron chi connectivity index (χ4n) is 3.36. The van der Waals surface area contributed by atoms with Gasteiger partial charge in [0.05, 0.1) is 5.69 Å². The summed E-state index contributed by atoms with van der Waals surface area (Å²) in [7, 11) is 0. The Morgan fingerprint density at radius 2 is 1.52 bits per heavy atom. The van der Waals surface area contributed by atoms with E-state index in [0.717, 1.165) is 10.3 Å². The van der Waals surface area contributed by atoms with E-state index in [1.807, 2.05) is 42.5 Å². The van der Waals surface area contributed by atoms with Crippen molar-refractivity contribution in [1.29, 1.82) is 0 Å². The molecule has 0 fully saturated rings. The van der Waals surface area contributed by atoms with Crippen molar-refractivity contribution in [3.63, 3.8) is 0 Å². The maximum atomic E-state index is 13.5. The molecule has 0 aliphatic carbocycles. The summed E-state index contributed by atoms with van der Waals surface area (Å²) in [4.78, 5) is 31.7. The Morgan fingerprint density at radius 3 is 2.28 bits per heavy atom. The zero-order chi connectivity index (χ0) is 20.0. The second kappa shape index (κ2) is 6.76. The van der Waals surface area contributed by atoms with Crippen LogP contribution in [0.4, 0.5) is 4.39 Å². The van der Waals surface area contributed by atoms with E-state index in [-0.39, 0.29) is 10.8 Å². The highest BCUT2D eigenvalue weighted by molar-refractivity contribution is 7.24. The van der Waals surface area contributed by atoms with E-state index in [1.54, 1.807) is 12.1 Å². The molecule has 0 unspecified atom stereocenters. The summed E-state index contributed by atoms with van der Waals surface area (Å²) in [5.41, 5.74) is 0.362. The minimum absolute atomic E-state index is 0.0395. The molecule has 0 aliphatic rings. The van der Waals surface area contributed by atoms with Crippen molar-refractivity contribution < 1.29 is 4.39 Å². The third-order valence-corrected chi connectivity index (χ3v) is 5.80. The molecule has 0 saturated heterocycles. The summed E-state index contributed by atoms with van der Waals surface area (Å²) in [6.07, 6.45) is 0. The van der Waals surface area contributed by atoms with Gasteiger partial charge in [-0.1, -0.05) is 42.5 Å². The predicted molar refractivity (Wildman–Crippen MR) is 114 cm³/mol. The van der Waals surface area contributed by atoms with Crippen molar-refractivity contribution in [2.45, 2.75) is 0 Å². The van der Waals surface area contributed by atoms with Gasteiger partial charge in [-0.3, -0.25) is 14.2 Å². The van der Waals surface area contributed by atoms with E-state index < -0.39 is 11.4 Å². The lowest BCUT2D eigenvalue weighted by Crippen LogP contribution is -2.26. The summed E-state index contributed by atoms with van der Waals surface area (Å²) < 4.78 is 15.6. The topological polar surface area (TPSA) is 52.0 Å². The van der Waals surface area contributed by atoms with Crippen LogP contribution in [0.2, 0.25) is 0 Å². The van der Waals surface area contributed by atoms with Crippen molar-refractivity contribution in [3.8, 4) is 17.1 Å². The number of halogens is 1. The molecule has 0 atom stereocenters. The number of hydrogen-bond donors (Lipinski definition) is 0. The molecule has 0 N–H and O–H groups in total. The second-order valence-electron chi connectivity index (χ2n) is 6.53. The highest BCUT2D eigenvalue weighted by atomic mass is 32.1. The van der Waals surface area contributed by atoms with E-state index in [2.05, 4.69) is 0 Å². The van der Waals surface area contributed by atoms with Crippen LogP contribution < -0.4 is 11.0 Å². The largest absolute Gasteiger partial charge is 0.288 e. The summed E-state index contributed by atoms with van der Waals surface area (Å²) in [5.74, 6) is -0.00446. The number of aromatic nitrogens is 2. The Balaban J connectivity index is 1.97. The smallest absolute Gasteiger partial charge is 0.271 e. The summed E-state index contributed by atoms with van der Waals surface area (Å²) in [6.45, 7) is 0. The molecule has 6 heteroatoms. The first-order valence-corrected chi connectivity index (χ1v) is 9.75. The molecule has 3 aromatic carbocycles. The Hall–Kier alpha value is -3.64. The molecule has 0 aliphatic heterocycles. The Morgan fingerprint density at radius 1 is 0.828 bits per heavy atom. The maximum Gasteiger partial charge on any atom is 0.271 e. The van der Waals surface area contributed by atoms with Crippen molar-refractivity contribution in [2.24, 2.45) is 0 Å². The molecule has 4 nitrogen and oxygen atoms in total. The zero-order valence-corrected chi connectivity index (χ0v) is 15.8. The number of benzene rings is 3. The minimum Gasteiger partial charge on any atom is -0.288 e. The molecule has 140 valence electrons. The van der Waals surface area contributed by atoms with Crippen LogP contribution in [-0.2, 0) is 0 Å². The molecule has 2 heterocycles. The molecule has 0 amide bonds. The predicted octanol–water partition coefficient (Wildman–Crippen LogP) is 4.77. The Kier molecular flexibility index (Phi) is 4.07. The van der Waals surface area contributed by atoms with Crippen molar-refractivity contribution in [3.05, 3.63) is 105 Å². The molecule has 2 aromatic heterocycles. The van der Waals surface area contributed by atoms with Gasteiger partial charge in [-0.25, -0.2) is 9.37 Å². The van der Waals surface area contributed by atoms with Crippen LogP contribution in [0.1, 0.15) is 0 Å². The quantitative estimate of drug-likeness (QED) is 0.401. The lowest BCUT2D eigenvalue weighted by molar-refractivity contribution is 0.627. The molecule has 0 saturated carbocycles. The van der Waals surface area contributed by atoms with Crippen LogP contribution >= 0.6 is 11.3 Å². The third-order valence-electron chi connectivity index (χ3n) is 4.73. The molecule has 29 heavy (non-hydrogen) atoms. The fourth-order valence-corrected chi connectivity index (χ4v) is 4.40. The molecule has 5 rings (SSSR count). The SMILES string of the molecule is O=c1c2ccccc2sc2nc(-c3ccccc3)n(-c3ccc(F)cc3)c(=O)c12. The van der Waals surface area contributed by atoms with Crippen LogP contribution in [0.25, 0.3) is 37.4 Å². The van der Waals surface area contributed by atoms with Gasteiger partial charge < -0.3 is 0 Å². The zero-order valence-electron chi connectivity index (χ0n) is 15.0. The fraction of sp³-hybridized carbons (Fsp3) is 0. The first kappa shape index (κ1) is 17.5. The molecular weight excluding hydrogens is 387 g/mol. The van der Waals surface area contributed by atoms with Crippen LogP contribution in [0.15, 0.2) is 88.5 Å². The van der Waals surface area contributed by atoms with Crippen LogP contribution in [0.3, 0.4) is 0 Å². The lowest BCUT2D eigenvalue weighted by Gasteiger charge is -2.14. The highest BCUT2D eigenvalue weighted by Crippen LogP contribution is 2.26. The first-order valence-electron chi connectivity index (χ1n) is 8.93. The molecule has 0 spiro atoms. The van der Waals surface area contributed by atoms with Crippen LogP contribution in [0.5, 0.6) is 0 Å². The Labute approximate surface area is 168 Å². The van der Waals surface area contributed by atoms with Crippen molar-refractivity contribution in [1.82, 2.24) is 9.55 Å². The Bertz CT molecular complexity index is 1490. The van der Waals surface area contributed by atoms with Crippen molar-refractivity contribution >= 4 is 31.6 Å². The molecular formula is C23H13FN2O2S. The average molecular weight is 400 g/mol. The van der Waals surface area contributed by atoms with Gasteiger partial charge in [0, 0.05) is 15.6 Å². The number of hydrogen-bond acceptors (Lipinski definition) is 4. The lowest BCUT2D eigenvalue weighted by atomic mass is 10.1. The average Bonchev–Trinajstić information content (AvgIpc) is 2.75. The van der Waals surface area contributed by atoms with E-state index in [0.29, 0.717) is 21.7 Å². The maximum absolute atomic E-state index is 13.5. The van der Waals surface area contributed by atoms with Gasteiger partial charge in [-0.15, -0.1) is 11.3 Å². The third kappa shape index (κ3) is 2.85. The van der Waals surface area contributed by atoms with Gasteiger partial charge in [0.25, 0.3) is 5.56 Å². The second-order valence-corrected chi connectivity index (χ2v) is 7.56. The normalized spacial score (nSPS) is 11.2.